The molecule has 0 spiro atoms. The molecule has 1 atom stereocenters. The van der Waals surface area contributed by atoms with Gasteiger partial charge in [-0.15, -0.1) is 22.9 Å². The molecule has 21 heavy (non-hydrogen) atoms. The Labute approximate surface area is 141 Å². The SMILES string of the molecule is COc1cc(C(Cl)c2cc(Br)sc2C)cc(OC)c1OC. The molecule has 1 aromatic heterocycles. The molecule has 1 heterocycles. The first-order chi connectivity index (χ1) is 10.0. The van der Waals surface area contributed by atoms with Crippen LogP contribution in [0.3, 0.4) is 0 Å². The molecule has 0 aliphatic rings. The minimum atomic E-state index is -0.277. The van der Waals surface area contributed by atoms with Crippen LogP contribution in [-0.4, -0.2) is 21.3 Å². The Hall–Kier alpha value is -0.910. The summed E-state index contributed by atoms with van der Waals surface area (Å²) in [6, 6.07) is 5.80. The molecule has 3 nitrogen and oxygen atoms in total. The fourth-order valence-electron chi connectivity index (χ4n) is 2.14. The number of ether oxygens (including phenoxy) is 3. The quantitative estimate of drug-likeness (QED) is 0.658. The molecule has 0 aliphatic carbocycles. The van der Waals surface area contributed by atoms with Crippen LogP contribution in [0.1, 0.15) is 21.4 Å². The lowest BCUT2D eigenvalue weighted by Crippen LogP contribution is -1.99. The predicted octanol–water partition coefficient (Wildman–Crippen LogP) is 5.17. The van der Waals surface area contributed by atoms with Gasteiger partial charge in [-0.3, -0.25) is 0 Å². The highest BCUT2D eigenvalue weighted by molar-refractivity contribution is 9.11. The fraction of sp³-hybridized carbons (Fsp3) is 0.333. The van der Waals surface area contributed by atoms with Crippen LogP contribution in [0.2, 0.25) is 0 Å². The normalized spacial score (nSPS) is 12.1. The van der Waals surface area contributed by atoms with Gasteiger partial charge in [0.2, 0.25) is 5.75 Å². The van der Waals surface area contributed by atoms with Gasteiger partial charge in [0.15, 0.2) is 11.5 Å². The third-order valence-corrected chi connectivity index (χ3v) is 5.24. The number of alkyl halides is 1. The largest absolute Gasteiger partial charge is 0.493 e. The van der Waals surface area contributed by atoms with Gasteiger partial charge in [0.1, 0.15) is 0 Å². The van der Waals surface area contributed by atoms with E-state index in [1.807, 2.05) is 18.2 Å². The summed E-state index contributed by atoms with van der Waals surface area (Å²) >= 11 is 11.8. The molecule has 0 saturated carbocycles. The van der Waals surface area contributed by atoms with Crippen LogP contribution < -0.4 is 14.2 Å². The second-order valence-electron chi connectivity index (χ2n) is 4.38. The first-order valence-electron chi connectivity index (χ1n) is 6.21. The molecule has 2 rings (SSSR count). The van der Waals surface area contributed by atoms with Gasteiger partial charge >= 0.3 is 0 Å². The molecule has 0 fully saturated rings. The molecule has 0 saturated heterocycles. The van der Waals surface area contributed by atoms with Gasteiger partial charge in [0, 0.05) is 4.88 Å². The molecule has 0 amide bonds. The third kappa shape index (κ3) is 3.30. The third-order valence-electron chi connectivity index (χ3n) is 3.18. The molecule has 1 aromatic carbocycles. The zero-order chi connectivity index (χ0) is 15.6. The van der Waals surface area contributed by atoms with Crippen molar-refractivity contribution in [3.8, 4) is 17.2 Å². The smallest absolute Gasteiger partial charge is 0.203 e. The molecule has 1 unspecified atom stereocenters. The zero-order valence-corrected chi connectivity index (χ0v) is 15.4. The Morgan fingerprint density at radius 2 is 1.62 bits per heavy atom. The fourth-order valence-corrected chi connectivity index (χ4v) is 4.30. The maximum absolute atomic E-state index is 6.64. The lowest BCUT2D eigenvalue weighted by Gasteiger charge is -2.16. The number of hydrogen-bond donors (Lipinski definition) is 0. The number of thiophene rings is 1. The van der Waals surface area contributed by atoms with Crippen molar-refractivity contribution < 1.29 is 14.2 Å². The number of halogens is 2. The summed E-state index contributed by atoms with van der Waals surface area (Å²) in [7, 11) is 4.77. The zero-order valence-electron chi connectivity index (χ0n) is 12.2. The molecule has 6 heteroatoms. The van der Waals surface area contributed by atoms with Crippen LogP contribution in [0.15, 0.2) is 22.0 Å². The number of hydrogen-bond acceptors (Lipinski definition) is 4. The summed E-state index contributed by atoms with van der Waals surface area (Å²) in [5, 5.41) is -0.277. The summed E-state index contributed by atoms with van der Waals surface area (Å²) in [4.78, 5) is 1.18. The minimum absolute atomic E-state index is 0.277. The van der Waals surface area contributed by atoms with Crippen molar-refractivity contribution >= 4 is 38.9 Å². The second kappa shape index (κ2) is 6.90. The maximum Gasteiger partial charge on any atom is 0.203 e. The predicted molar refractivity (Wildman–Crippen MR) is 90.6 cm³/mol. The Balaban J connectivity index is 2.51. The average molecular weight is 392 g/mol. The summed E-state index contributed by atoms with van der Waals surface area (Å²) < 4.78 is 17.1. The van der Waals surface area contributed by atoms with E-state index in [-0.39, 0.29) is 5.38 Å². The standard InChI is InChI=1S/C15H16BrClO3S/c1-8-10(7-13(16)21-8)14(17)9-5-11(18-2)15(20-4)12(6-9)19-3/h5-7,14H,1-4H3. The molecular weight excluding hydrogens is 376 g/mol. The highest BCUT2D eigenvalue weighted by Gasteiger charge is 2.21. The van der Waals surface area contributed by atoms with Gasteiger partial charge < -0.3 is 14.2 Å². The van der Waals surface area contributed by atoms with Crippen molar-refractivity contribution in [3.63, 3.8) is 0 Å². The number of methoxy groups -OCH3 is 3. The summed E-state index contributed by atoms with van der Waals surface area (Å²) in [6.07, 6.45) is 0. The van der Waals surface area contributed by atoms with Crippen LogP contribution in [0.25, 0.3) is 0 Å². The Morgan fingerprint density at radius 1 is 1.05 bits per heavy atom. The van der Waals surface area contributed by atoms with E-state index in [4.69, 9.17) is 25.8 Å². The topological polar surface area (TPSA) is 27.7 Å². The van der Waals surface area contributed by atoms with Crippen molar-refractivity contribution in [1.29, 1.82) is 0 Å². The first kappa shape index (κ1) is 16.5. The molecule has 0 bridgehead atoms. The van der Waals surface area contributed by atoms with E-state index >= 15 is 0 Å². The second-order valence-corrected chi connectivity index (χ2v) is 7.46. The van der Waals surface area contributed by atoms with Crippen LogP contribution in [-0.2, 0) is 0 Å². The summed E-state index contributed by atoms with van der Waals surface area (Å²) in [5.41, 5.74) is 1.97. The molecule has 0 N–H and O–H groups in total. The van der Waals surface area contributed by atoms with E-state index in [9.17, 15) is 0 Å². The van der Waals surface area contributed by atoms with Gasteiger partial charge in [-0.05, 0) is 52.2 Å². The average Bonchev–Trinajstić information content (AvgIpc) is 2.83. The van der Waals surface area contributed by atoms with Crippen molar-refractivity contribution in [2.75, 3.05) is 21.3 Å². The van der Waals surface area contributed by atoms with Crippen LogP contribution >= 0.6 is 38.9 Å². The van der Waals surface area contributed by atoms with Crippen LogP contribution in [0.4, 0.5) is 0 Å². The van der Waals surface area contributed by atoms with E-state index in [0.29, 0.717) is 17.2 Å². The van der Waals surface area contributed by atoms with Crippen LogP contribution in [0, 0.1) is 6.92 Å². The molecule has 0 radical (unpaired) electrons. The first-order valence-corrected chi connectivity index (χ1v) is 8.26. The Kier molecular flexibility index (Phi) is 5.41. The highest BCUT2D eigenvalue weighted by Crippen LogP contribution is 2.44. The monoisotopic (exact) mass is 390 g/mol. The highest BCUT2D eigenvalue weighted by atomic mass is 79.9. The number of aryl methyl sites for hydroxylation is 1. The van der Waals surface area contributed by atoms with Crippen LogP contribution in [0.5, 0.6) is 17.2 Å². The lowest BCUT2D eigenvalue weighted by molar-refractivity contribution is 0.324. The molecular formula is C15H16BrClO3S. The molecule has 2 aromatic rings. The van der Waals surface area contributed by atoms with E-state index in [1.54, 1.807) is 32.7 Å². The summed E-state index contributed by atoms with van der Waals surface area (Å²) in [5.74, 6) is 1.77. The van der Waals surface area contributed by atoms with Gasteiger partial charge in [0.25, 0.3) is 0 Å². The lowest BCUT2D eigenvalue weighted by atomic mass is 10.0. The Morgan fingerprint density at radius 3 is 2.00 bits per heavy atom. The molecule has 0 aliphatic heterocycles. The van der Waals surface area contributed by atoms with Gasteiger partial charge in [-0.25, -0.2) is 0 Å². The van der Waals surface area contributed by atoms with E-state index in [1.165, 1.54) is 4.88 Å². The minimum Gasteiger partial charge on any atom is -0.493 e. The van der Waals surface area contributed by atoms with E-state index < -0.39 is 0 Å². The van der Waals surface area contributed by atoms with Crippen molar-refractivity contribution in [2.45, 2.75) is 12.3 Å². The molecule has 114 valence electrons. The van der Waals surface area contributed by atoms with E-state index in [2.05, 4.69) is 22.9 Å². The van der Waals surface area contributed by atoms with Gasteiger partial charge in [-0.1, -0.05) is 0 Å². The maximum atomic E-state index is 6.64. The summed E-state index contributed by atoms with van der Waals surface area (Å²) in [6.45, 7) is 2.05. The van der Waals surface area contributed by atoms with Crippen molar-refractivity contribution in [3.05, 3.63) is 38.0 Å². The Bertz CT molecular complexity index is 617. The van der Waals surface area contributed by atoms with Crippen molar-refractivity contribution in [1.82, 2.24) is 0 Å². The number of benzene rings is 1. The van der Waals surface area contributed by atoms with Gasteiger partial charge in [-0.2, -0.15) is 0 Å². The van der Waals surface area contributed by atoms with E-state index in [0.717, 1.165) is 14.9 Å². The number of rotatable bonds is 5. The van der Waals surface area contributed by atoms with Crippen molar-refractivity contribution in [2.24, 2.45) is 0 Å². The van der Waals surface area contributed by atoms with Gasteiger partial charge in [0.05, 0.1) is 30.5 Å².